The van der Waals surface area contributed by atoms with Gasteiger partial charge in [-0.2, -0.15) is 0 Å². The first-order chi connectivity index (χ1) is 9.55. The van der Waals surface area contributed by atoms with Gasteiger partial charge in [0.25, 0.3) is 0 Å². The number of aromatic nitrogens is 1. The Morgan fingerprint density at radius 1 is 1.35 bits per heavy atom. The molecule has 1 unspecified atom stereocenters. The smallest absolute Gasteiger partial charge is 0.0897 e. The van der Waals surface area contributed by atoms with E-state index in [2.05, 4.69) is 38.4 Å². The molecule has 1 aliphatic rings. The molecule has 114 valence electrons. The van der Waals surface area contributed by atoms with Crippen molar-refractivity contribution in [3.05, 3.63) is 16.1 Å². The first kappa shape index (κ1) is 16.0. The summed E-state index contributed by atoms with van der Waals surface area (Å²) in [7, 11) is 0. The molecule has 1 N–H and O–H groups in total. The van der Waals surface area contributed by atoms with Crippen molar-refractivity contribution in [3.63, 3.8) is 0 Å². The molecule has 0 aliphatic heterocycles. The second-order valence-electron chi connectivity index (χ2n) is 6.84. The van der Waals surface area contributed by atoms with E-state index in [1.165, 1.54) is 42.8 Å². The summed E-state index contributed by atoms with van der Waals surface area (Å²) in [5.74, 6) is 0.784. The highest BCUT2D eigenvalue weighted by atomic mass is 32.1. The highest BCUT2D eigenvalue weighted by molar-refractivity contribution is 7.09. The summed E-state index contributed by atoms with van der Waals surface area (Å²) in [4.78, 5) is 4.69. The van der Waals surface area contributed by atoms with Crippen molar-refractivity contribution in [2.75, 3.05) is 6.54 Å². The van der Waals surface area contributed by atoms with Crippen LogP contribution in [-0.4, -0.2) is 17.6 Å². The molecule has 1 saturated carbocycles. The molecule has 1 aromatic heterocycles. The summed E-state index contributed by atoms with van der Waals surface area (Å²) in [5.41, 5.74) is 1.79. The molecule has 0 saturated heterocycles. The van der Waals surface area contributed by atoms with Crippen molar-refractivity contribution < 1.29 is 0 Å². The summed E-state index contributed by atoms with van der Waals surface area (Å²) in [6, 6.07) is 0.596. The van der Waals surface area contributed by atoms with E-state index in [4.69, 9.17) is 4.98 Å². The van der Waals surface area contributed by atoms with Crippen molar-refractivity contribution in [3.8, 4) is 0 Å². The predicted octanol–water partition coefficient (Wildman–Crippen LogP) is 4.58. The van der Waals surface area contributed by atoms with Gasteiger partial charge in [-0.1, -0.05) is 33.6 Å². The lowest BCUT2D eigenvalue weighted by Gasteiger charge is -2.39. The Hall–Kier alpha value is -0.410. The van der Waals surface area contributed by atoms with Gasteiger partial charge >= 0.3 is 0 Å². The number of hydrogen-bond donors (Lipinski definition) is 1. The van der Waals surface area contributed by atoms with E-state index in [9.17, 15) is 0 Å². The van der Waals surface area contributed by atoms with E-state index < -0.39 is 0 Å². The molecule has 2 rings (SSSR count). The molecule has 1 aromatic rings. The molecule has 20 heavy (non-hydrogen) atoms. The van der Waals surface area contributed by atoms with Crippen molar-refractivity contribution in [2.24, 2.45) is 11.3 Å². The summed E-state index contributed by atoms with van der Waals surface area (Å²) >= 11 is 1.78. The van der Waals surface area contributed by atoms with Gasteiger partial charge in [-0.15, -0.1) is 11.3 Å². The number of hydrogen-bond acceptors (Lipinski definition) is 3. The molecule has 1 fully saturated rings. The van der Waals surface area contributed by atoms with Crippen molar-refractivity contribution in [1.29, 1.82) is 0 Å². The van der Waals surface area contributed by atoms with Crippen LogP contribution >= 0.6 is 11.3 Å². The Balaban J connectivity index is 2.15. The van der Waals surface area contributed by atoms with Crippen LogP contribution in [0.4, 0.5) is 0 Å². The minimum absolute atomic E-state index is 0.502. The number of likely N-dealkylation sites (N-methyl/N-ethyl adjacent to an activating group) is 1. The van der Waals surface area contributed by atoms with Gasteiger partial charge in [0.15, 0.2) is 0 Å². The van der Waals surface area contributed by atoms with Gasteiger partial charge < -0.3 is 5.32 Å². The molecular weight excluding hydrogens is 264 g/mol. The molecule has 1 aliphatic carbocycles. The molecule has 1 heterocycles. The largest absolute Gasteiger partial charge is 0.313 e. The van der Waals surface area contributed by atoms with E-state index in [0.29, 0.717) is 11.5 Å². The van der Waals surface area contributed by atoms with Crippen molar-refractivity contribution in [2.45, 2.75) is 72.3 Å². The first-order valence-electron chi connectivity index (χ1n) is 8.20. The summed E-state index contributed by atoms with van der Waals surface area (Å²) in [6.45, 7) is 10.1. The number of thiazole rings is 1. The summed E-state index contributed by atoms with van der Waals surface area (Å²) < 4.78 is 0. The Kier molecular flexibility index (Phi) is 5.62. The van der Waals surface area contributed by atoms with E-state index >= 15 is 0 Å². The predicted molar refractivity (Wildman–Crippen MR) is 88.4 cm³/mol. The number of rotatable bonds is 7. The highest BCUT2D eigenvalue weighted by Gasteiger charge is 2.41. The minimum atomic E-state index is 0.502. The van der Waals surface area contributed by atoms with E-state index in [0.717, 1.165) is 18.9 Å². The molecule has 0 spiro atoms. The molecule has 1 atom stereocenters. The lowest BCUT2D eigenvalue weighted by atomic mass is 9.71. The highest BCUT2D eigenvalue weighted by Crippen LogP contribution is 2.46. The quantitative estimate of drug-likeness (QED) is 0.796. The fraction of sp³-hybridized carbons (Fsp3) is 0.824. The molecule has 3 heteroatoms. The number of nitrogens with zero attached hydrogens (tertiary/aromatic N) is 1. The third-order valence-corrected chi connectivity index (χ3v) is 5.51. The van der Waals surface area contributed by atoms with E-state index in [-0.39, 0.29) is 0 Å². The second kappa shape index (κ2) is 7.04. The van der Waals surface area contributed by atoms with Gasteiger partial charge in [-0.25, -0.2) is 4.98 Å². The maximum absolute atomic E-state index is 4.69. The summed E-state index contributed by atoms with van der Waals surface area (Å²) in [5, 5.41) is 7.23. The zero-order valence-electron chi connectivity index (χ0n) is 13.5. The van der Waals surface area contributed by atoms with Gasteiger partial charge in [0, 0.05) is 17.8 Å². The molecule has 2 nitrogen and oxygen atoms in total. The Morgan fingerprint density at radius 2 is 2.05 bits per heavy atom. The van der Waals surface area contributed by atoms with Gasteiger partial charge in [-0.05, 0) is 44.1 Å². The second-order valence-corrected chi connectivity index (χ2v) is 7.90. The fourth-order valence-electron chi connectivity index (χ4n) is 4.05. The van der Waals surface area contributed by atoms with Crippen LogP contribution in [0.15, 0.2) is 5.38 Å². The Morgan fingerprint density at radius 3 is 2.55 bits per heavy atom. The van der Waals surface area contributed by atoms with Crippen LogP contribution in [0.1, 0.15) is 63.6 Å². The van der Waals surface area contributed by atoms with Crippen molar-refractivity contribution in [1.82, 2.24) is 10.3 Å². The fourth-order valence-corrected chi connectivity index (χ4v) is 4.68. The zero-order valence-corrected chi connectivity index (χ0v) is 14.4. The first-order valence-corrected chi connectivity index (χ1v) is 9.08. The van der Waals surface area contributed by atoms with Crippen LogP contribution in [0, 0.1) is 18.3 Å². The van der Waals surface area contributed by atoms with Gasteiger partial charge in [0.05, 0.1) is 10.7 Å². The third kappa shape index (κ3) is 3.82. The number of nitrogens with one attached hydrogen (secondary N) is 1. The van der Waals surface area contributed by atoms with Gasteiger partial charge in [-0.3, -0.25) is 0 Å². The van der Waals surface area contributed by atoms with Crippen LogP contribution in [0.2, 0.25) is 0 Å². The minimum Gasteiger partial charge on any atom is -0.313 e. The maximum Gasteiger partial charge on any atom is 0.0897 e. The van der Waals surface area contributed by atoms with Crippen molar-refractivity contribution >= 4 is 11.3 Å². The normalized spacial score (nSPS) is 19.6. The van der Waals surface area contributed by atoms with Gasteiger partial charge in [0.1, 0.15) is 0 Å². The zero-order chi connectivity index (χ0) is 14.6. The summed E-state index contributed by atoms with van der Waals surface area (Å²) in [6.07, 6.45) is 8.06. The Bertz CT molecular complexity index is 405. The van der Waals surface area contributed by atoms with Crippen LogP contribution in [0.5, 0.6) is 0 Å². The van der Waals surface area contributed by atoms with Crippen LogP contribution < -0.4 is 5.32 Å². The molecular formula is C17H30N2S. The third-order valence-electron chi connectivity index (χ3n) is 4.68. The van der Waals surface area contributed by atoms with E-state index in [1.54, 1.807) is 11.3 Å². The van der Waals surface area contributed by atoms with Gasteiger partial charge in [0.2, 0.25) is 0 Å². The average molecular weight is 295 g/mol. The molecule has 0 aromatic carbocycles. The molecule has 0 amide bonds. The molecule has 0 radical (unpaired) electrons. The lowest BCUT2D eigenvalue weighted by Crippen LogP contribution is -2.46. The van der Waals surface area contributed by atoms with E-state index in [1.807, 2.05) is 0 Å². The molecule has 0 bridgehead atoms. The maximum atomic E-state index is 4.69. The van der Waals surface area contributed by atoms with Crippen LogP contribution in [0.25, 0.3) is 0 Å². The SMILES string of the molecule is CCNC(Cc1csc(C)n1)C1(CC(C)C)CCCC1. The van der Waals surface area contributed by atoms with Crippen LogP contribution in [-0.2, 0) is 6.42 Å². The average Bonchev–Trinajstić information content (AvgIpc) is 2.98. The standard InChI is InChI=1S/C17H30N2S/c1-5-18-16(10-15-12-20-14(4)19-15)17(11-13(2)3)8-6-7-9-17/h12-13,16,18H,5-11H2,1-4H3. The lowest BCUT2D eigenvalue weighted by molar-refractivity contribution is 0.154. The van der Waals surface area contributed by atoms with Crippen LogP contribution in [0.3, 0.4) is 0 Å². The Labute approximate surface area is 128 Å². The monoisotopic (exact) mass is 294 g/mol. The topological polar surface area (TPSA) is 24.9 Å². The number of aryl methyl sites for hydroxylation is 1.